The number of aryl methyl sites for hydroxylation is 2. The van der Waals surface area contributed by atoms with Crippen LogP contribution in [0.15, 0.2) is 40.8 Å². The molecule has 0 fully saturated rings. The number of nitrogens with zero attached hydrogens (tertiary/aromatic N) is 6. The van der Waals surface area contributed by atoms with E-state index in [-0.39, 0.29) is 9.79 Å². The Morgan fingerprint density at radius 2 is 1.42 bits per heavy atom. The third-order valence-corrected chi connectivity index (χ3v) is 7.21. The van der Waals surface area contributed by atoms with Crippen molar-refractivity contribution < 1.29 is 34.4 Å². The van der Waals surface area contributed by atoms with E-state index in [0.717, 1.165) is 68.8 Å². The third kappa shape index (κ3) is 6.32. The Morgan fingerprint density at radius 3 is 1.91 bits per heavy atom. The Kier molecular flexibility index (Phi) is 7.48. The molecule has 1 aliphatic carbocycles. The van der Waals surface area contributed by atoms with Gasteiger partial charge in [-0.25, -0.2) is 26.0 Å². The zero-order chi connectivity index (χ0) is 24.4. The largest absolute Gasteiger partial charge is 0.286 e. The highest BCUT2D eigenvalue weighted by atomic mass is 35.7. The molecule has 0 atom stereocenters. The van der Waals surface area contributed by atoms with Crippen molar-refractivity contribution in [3.05, 3.63) is 42.2 Å². The van der Waals surface area contributed by atoms with E-state index in [1.807, 2.05) is 0 Å². The van der Waals surface area contributed by atoms with E-state index in [1.54, 1.807) is 0 Å². The molecule has 0 saturated heterocycles. The van der Waals surface area contributed by atoms with Crippen LogP contribution in [0.2, 0.25) is 0 Å². The van der Waals surface area contributed by atoms with Crippen LogP contribution >= 0.6 is 10.7 Å². The van der Waals surface area contributed by atoms with Gasteiger partial charge in [-0.15, -0.1) is 0 Å². The summed E-state index contributed by atoms with van der Waals surface area (Å²) in [6.45, 7) is -1.28. The van der Waals surface area contributed by atoms with Crippen LogP contribution in [0.4, 0.5) is 17.6 Å². The highest BCUT2D eigenvalue weighted by Gasteiger charge is 2.24. The standard InChI is InChI=1S/C11H12F2N4O2S.C5H5ClF2N2O2S/c12-11(13)7-16-6-9(4-14-16)20(18,19)17-5-8-2-1-3-10(8)15-17;6-13(11,12)4-1-9-10(2-4)3-5(7)8/h4-6,11H,1-3,7H2;1-2,5H,3H2. The molecule has 0 unspecified atom stereocenters. The third-order valence-electron chi connectivity index (χ3n) is 4.41. The van der Waals surface area contributed by atoms with Gasteiger partial charge in [-0.2, -0.15) is 27.8 Å². The quantitative estimate of drug-likeness (QED) is 0.337. The molecule has 4 rings (SSSR count). The fraction of sp³-hybridized carbons (Fsp3) is 0.438. The molecule has 3 aromatic rings. The predicted molar refractivity (Wildman–Crippen MR) is 106 cm³/mol. The fourth-order valence-corrected chi connectivity index (χ4v) is 4.73. The SMILES string of the molecule is O=S(=O)(Cl)c1cnn(CC(F)F)c1.O=S(=O)(c1cnn(CC(F)F)c1)n1cc2c(n1)CCC2. The van der Waals surface area contributed by atoms with E-state index < -0.39 is 45.0 Å². The molecule has 0 saturated carbocycles. The number of aromatic nitrogens is 6. The Hall–Kier alpha value is -2.46. The molecule has 0 spiro atoms. The van der Waals surface area contributed by atoms with Gasteiger partial charge in [-0.1, -0.05) is 0 Å². The first-order valence-electron chi connectivity index (χ1n) is 9.25. The second kappa shape index (κ2) is 9.80. The van der Waals surface area contributed by atoms with E-state index in [9.17, 15) is 34.4 Å². The Morgan fingerprint density at radius 1 is 0.879 bits per heavy atom. The molecule has 0 bridgehead atoms. The molecule has 182 valence electrons. The number of hydrogen-bond donors (Lipinski definition) is 0. The van der Waals surface area contributed by atoms with E-state index in [1.165, 1.54) is 6.20 Å². The van der Waals surface area contributed by atoms with Gasteiger partial charge in [-0.05, 0) is 24.8 Å². The molecule has 0 N–H and O–H groups in total. The van der Waals surface area contributed by atoms with Crippen molar-refractivity contribution in [2.45, 2.75) is 55.0 Å². The van der Waals surface area contributed by atoms with Gasteiger partial charge in [0.25, 0.3) is 31.9 Å². The van der Waals surface area contributed by atoms with Crippen LogP contribution in [-0.4, -0.2) is 58.4 Å². The molecule has 10 nitrogen and oxygen atoms in total. The maximum atomic E-state index is 12.3. The van der Waals surface area contributed by atoms with Crippen LogP contribution in [-0.2, 0) is 45.0 Å². The van der Waals surface area contributed by atoms with Crippen molar-refractivity contribution in [1.29, 1.82) is 0 Å². The van der Waals surface area contributed by atoms with Gasteiger partial charge in [0.2, 0.25) is 0 Å². The zero-order valence-electron chi connectivity index (χ0n) is 16.6. The molecular weight excluding hydrogens is 516 g/mol. The summed E-state index contributed by atoms with van der Waals surface area (Å²) in [6.07, 6.45) is 2.91. The topological polar surface area (TPSA) is 122 Å². The highest BCUT2D eigenvalue weighted by Crippen LogP contribution is 2.22. The van der Waals surface area contributed by atoms with Crippen molar-refractivity contribution in [1.82, 2.24) is 28.7 Å². The monoisotopic (exact) mass is 532 g/mol. The van der Waals surface area contributed by atoms with Gasteiger partial charge in [-0.3, -0.25) is 9.36 Å². The number of hydrogen-bond acceptors (Lipinski definition) is 7. The zero-order valence-corrected chi connectivity index (χ0v) is 19.0. The van der Waals surface area contributed by atoms with Crippen LogP contribution in [0.25, 0.3) is 0 Å². The summed E-state index contributed by atoms with van der Waals surface area (Å²) in [5, 5.41) is 11.1. The van der Waals surface area contributed by atoms with Crippen molar-refractivity contribution >= 4 is 29.8 Å². The number of fused-ring (bicyclic) bond motifs is 1. The van der Waals surface area contributed by atoms with Crippen LogP contribution < -0.4 is 0 Å². The summed E-state index contributed by atoms with van der Waals surface area (Å²) in [4.78, 5) is -0.422. The highest BCUT2D eigenvalue weighted by molar-refractivity contribution is 8.13. The van der Waals surface area contributed by atoms with Gasteiger partial charge < -0.3 is 0 Å². The minimum absolute atomic E-state index is 0.140. The summed E-state index contributed by atoms with van der Waals surface area (Å²) in [5.41, 5.74) is 1.71. The van der Waals surface area contributed by atoms with E-state index >= 15 is 0 Å². The van der Waals surface area contributed by atoms with E-state index in [2.05, 4.69) is 15.3 Å². The number of rotatable bonds is 7. The van der Waals surface area contributed by atoms with Crippen molar-refractivity contribution in [3.63, 3.8) is 0 Å². The lowest BCUT2D eigenvalue weighted by atomic mass is 10.3. The summed E-state index contributed by atoms with van der Waals surface area (Å²) in [6, 6.07) is 0. The van der Waals surface area contributed by atoms with Gasteiger partial charge in [0, 0.05) is 29.3 Å². The van der Waals surface area contributed by atoms with E-state index in [4.69, 9.17) is 10.7 Å². The van der Waals surface area contributed by atoms with Gasteiger partial charge in [0.15, 0.2) is 0 Å². The number of alkyl halides is 4. The van der Waals surface area contributed by atoms with Crippen LogP contribution in [0.3, 0.4) is 0 Å². The summed E-state index contributed by atoms with van der Waals surface area (Å²) < 4.78 is 96.6. The summed E-state index contributed by atoms with van der Waals surface area (Å²) >= 11 is 0. The average molecular weight is 533 g/mol. The molecule has 0 radical (unpaired) electrons. The molecule has 17 heteroatoms. The second-order valence-electron chi connectivity index (χ2n) is 6.85. The van der Waals surface area contributed by atoms with Crippen molar-refractivity contribution in [3.8, 4) is 0 Å². The first-order chi connectivity index (χ1) is 15.4. The lowest BCUT2D eigenvalue weighted by molar-refractivity contribution is 0.121. The van der Waals surface area contributed by atoms with Crippen molar-refractivity contribution in [2.24, 2.45) is 0 Å². The summed E-state index contributed by atoms with van der Waals surface area (Å²) in [7, 11) is -2.79. The molecule has 0 amide bonds. The first-order valence-corrected chi connectivity index (χ1v) is 13.0. The Balaban J connectivity index is 0.000000205. The molecule has 1 aliphatic rings. The smallest absolute Gasteiger partial charge is 0.266 e. The van der Waals surface area contributed by atoms with Crippen LogP contribution in [0.5, 0.6) is 0 Å². The predicted octanol–water partition coefficient (Wildman–Crippen LogP) is 2.15. The van der Waals surface area contributed by atoms with E-state index in [0.29, 0.717) is 0 Å². The fourth-order valence-electron chi connectivity index (χ4n) is 2.95. The normalized spacial score (nSPS) is 13.9. The Bertz CT molecular complexity index is 1300. The maximum Gasteiger partial charge on any atom is 0.286 e. The molecule has 3 heterocycles. The molecule has 33 heavy (non-hydrogen) atoms. The minimum atomic E-state index is -3.87. The second-order valence-corrected chi connectivity index (χ2v) is 11.2. The first kappa shape index (κ1) is 25.2. The average Bonchev–Trinajstić information content (AvgIpc) is 3.44. The van der Waals surface area contributed by atoms with Crippen molar-refractivity contribution in [2.75, 3.05) is 0 Å². The summed E-state index contributed by atoms with van der Waals surface area (Å²) in [5.74, 6) is 0. The van der Waals surface area contributed by atoms with Gasteiger partial charge >= 0.3 is 0 Å². The van der Waals surface area contributed by atoms with Gasteiger partial charge in [0.05, 0.1) is 18.1 Å². The minimum Gasteiger partial charge on any atom is -0.266 e. The Labute approximate surface area is 190 Å². The van der Waals surface area contributed by atoms with Gasteiger partial charge in [0.1, 0.15) is 22.9 Å². The molecule has 3 aromatic heterocycles. The number of halogens is 5. The lowest BCUT2D eigenvalue weighted by Crippen LogP contribution is -2.14. The molecule has 0 aliphatic heterocycles. The molecular formula is C16H17ClF4N6O4S2. The lowest BCUT2D eigenvalue weighted by Gasteiger charge is -2.01. The maximum absolute atomic E-state index is 12.3. The van der Waals surface area contributed by atoms with Crippen LogP contribution in [0.1, 0.15) is 17.7 Å². The molecule has 0 aromatic carbocycles. The van der Waals surface area contributed by atoms with Crippen LogP contribution in [0, 0.1) is 0 Å².